The van der Waals surface area contributed by atoms with Crippen molar-refractivity contribution in [3.63, 3.8) is 0 Å². The third kappa shape index (κ3) is 5.12. The first-order valence-electron chi connectivity index (χ1n) is 7.34. The van der Waals surface area contributed by atoms with Gasteiger partial charge >= 0.3 is 12.4 Å². The Hall–Kier alpha value is -1.77. The van der Waals surface area contributed by atoms with Crippen LogP contribution in [0.3, 0.4) is 0 Å². The predicted octanol–water partition coefficient (Wildman–Crippen LogP) is 3.46. The Morgan fingerprint density at radius 3 is 2.25 bits per heavy atom. The number of rotatable bonds is 3. The van der Waals surface area contributed by atoms with E-state index in [9.17, 15) is 31.1 Å². The first-order valence-corrected chi connectivity index (χ1v) is 7.34. The summed E-state index contributed by atoms with van der Waals surface area (Å²) < 4.78 is 75.6. The summed E-state index contributed by atoms with van der Waals surface area (Å²) in [7, 11) is 0. The summed E-state index contributed by atoms with van der Waals surface area (Å²) in [5.74, 6) is -1.34. The smallest absolute Gasteiger partial charge is 0.343 e. The number of hydrogen-bond acceptors (Lipinski definition) is 2. The van der Waals surface area contributed by atoms with Crippen molar-refractivity contribution in [1.82, 2.24) is 10.6 Å². The molecule has 1 aromatic carbocycles. The van der Waals surface area contributed by atoms with Gasteiger partial charge in [-0.25, -0.2) is 0 Å². The summed E-state index contributed by atoms with van der Waals surface area (Å²) in [5, 5.41) is 4.68. The number of hydrogen-bond donors (Lipinski definition) is 2. The highest BCUT2D eigenvalue weighted by molar-refractivity contribution is 5.94. The molecule has 1 fully saturated rings. The van der Waals surface area contributed by atoms with E-state index >= 15 is 0 Å². The topological polar surface area (TPSA) is 41.1 Å². The quantitative estimate of drug-likeness (QED) is 0.817. The van der Waals surface area contributed by atoms with Crippen LogP contribution >= 0.6 is 0 Å². The summed E-state index contributed by atoms with van der Waals surface area (Å²) in [5.41, 5.74) is -1.12. The highest BCUT2D eigenvalue weighted by atomic mass is 19.4. The zero-order valence-corrected chi connectivity index (χ0v) is 12.5. The van der Waals surface area contributed by atoms with E-state index in [0.717, 1.165) is 6.07 Å². The van der Waals surface area contributed by atoms with E-state index in [1.165, 1.54) is 6.07 Å². The molecule has 1 aliphatic rings. The minimum Gasteiger partial charge on any atom is -0.343 e. The van der Waals surface area contributed by atoms with Crippen molar-refractivity contribution in [3.8, 4) is 0 Å². The predicted molar refractivity (Wildman–Crippen MR) is 74.7 cm³/mol. The van der Waals surface area contributed by atoms with Gasteiger partial charge in [0.05, 0.1) is 5.56 Å². The SMILES string of the molecule is O=C(NCC(F)(F)F)c1cc(C2CCNCC2)cc(C(F)(F)F)c1. The third-order valence-corrected chi connectivity index (χ3v) is 3.80. The van der Waals surface area contributed by atoms with E-state index in [-0.39, 0.29) is 5.92 Å². The van der Waals surface area contributed by atoms with Gasteiger partial charge in [0, 0.05) is 5.56 Å². The van der Waals surface area contributed by atoms with Crippen LogP contribution in [0, 0.1) is 0 Å². The Morgan fingerprint density at radius 2 is 1.71 bits per heavy atom. The lowest BCUT2D eigenvalue weighted by atomic mass is 9.88. The number of carbonyl (C=O) groups excluding carboxylic acids is 1. The van der Waals surface area contributed by atoms with Gasteiger partial charge in [-0.3, -0.25) is 4.79 Å². The molecule has 0 saturated carbocycles. The van der Waals surface area contributed by atoms with Gasteiger partial charge in [-0.1, -0.05) is 0 Å². The number of benzene rings is 1. The summed E-state index contributed by atoms with van der Waals surface area (Å²) in [6.07, 6.45) is -8.10. The summed E-state index contributed by atoms with van der Waals surface area (Å²) in [6, 6.07) is 2.80. The standard InChI is InChI=1S/C15H16F6N2O/c16-14(17,18)8-23-13(24)11-5-10(9-1-3-22-4-2-9)6-12(7-11)15(19,20)21/h5-7,9,22H,1-4,8H2,(H,23,24). The molecule has 1 aromatic rings. The molecule has 0 spiro atoms. The summed E-state index contributed by atoms with van der Waals surface area (Å²) >= 11 is 0. The molecule has 0 aromatic heterocycles. The van der Waals surface area contributed by atoms with Gasteiger partial charge in [-0.2, -0.15) is 26.3 Å². The Balaban J connectivity index is 2.30. The monoisotopic (exact) mass is 354 g/mol. The Morgan fingerprint density at radius 1 is 1.08 bits per heavy atom. The van der Waals surface area contributed by atoms with Crippen LogP contribution in [-0.4, -0.2) is 31.7 Å². The molecule has 0 atom stereocenters. The maximum absolute atomic E-state index is 13.0. The Bertz CT molecular complexity index is 591. The van der Waals surface area contributed by atoms with Crippen molar-refractivity contribution in [2.45, 2.75) is 31.1 Å². The maximum atomic E-state index is 13.0. The number of alkyl halides is 6. The molecule has 0 radical (unpaired) electrons. The van der Waals surface area contributed by atoms with Crippen molar-refractivity contribution in [1.29, 1.82) is 0 Å². The second-order valence-corrected chi connectivity index (χ2v) is 5.66. The number of halogens is 6. The third-order valence-electron chi connectivity index (χ3n) is 3.80. The molecular formula is C15H16F6N2O. The van der Waals surface area contributed by atoms with Crippen LogP contribution in [-0.2, 0) is 6.18 Å². The molecule has 1 aliphatic heterocycles. The lowest BCUT2D eigenvalue weighted by molar-refractivity contribution is -0.137. The van der Waals surface area contributed by atoms with Crippen molar-refractivity contribution >= 4 is 5.91 Å². The van der Waals surface area contributed by atoms with Crippen LogP contribution in [0.5, 0.6) is 0 Å². The molecule has 0 bridgehead atoms. The Labute approximate surface area is 134 Å². The molecule has 3 nitrogen and oxygen atoms in total. The largest absolute Gasteiger partial charge is 0.416 e. The van der Waals surface area contributed by atoms with Crippen molar-refractivity contribution in [3.05, 3.63) is 34.9 Å². The van der Waals surface area contributed by atoms with Gasteiger partial charge in [0.15, 0.2) is 0 Å². The highest BCUT2D eigenvalue weighted by Crippen LogP contribution is 2.34. The number of amides is 1. The molecule has 1 saturated heterocycles. The van der Waals surface area contributed by atoms with Gasteiger partial charge in [-0.05, 0) is 55.6 Å². The average Bonchev–Trinajstić information content (AvgIpc) is 2.51. The van der Waals surface area contributed by atoms with Crippen LogP contribution in [0.1, 0.15) is 40.2 Å². The zero-order chi connectivity index (χ0) is 18.0. The fourth-order valence-corrected chi connectivity index (χ4v) is 2.62. The van der Waals surface area contributed by atoms with Gasteiger partial charge < -0.3 is 10.6 Å². The summed E-state index contributed by atoms with van der Waals surface area (Å²) in [4.78, 5) is 11.8. The van der Waals surface area contributed by atoms with Crippen LogP contribution < -0.4 is 10.6 Å². The molecule has 1 heterocycles. The van der Waals surface area contributed by atoms with Crippen LogP contribution in [0.15, 0.2) is 18.2 Å². The number of nitrogens with one attached hydrogen (secondary N) is 2. The minimum atomic E-state index is -4.68. The Kier molecular flexibility index (Phi) is 5.42. The summed E-state index contributed by atoms with van der Waals surface area (Å²) in [6.45, 7) is -0.322. The molecule has 2 rings (SSSR count). The van der Waals surface area contributed by atoms with Gasteiger partial charge in [0.1, 0.15) is 6.54 Å². The lowest BCUT2D eigenvalue weighted by Gasteiger charge is -2.24. The lowest BCUT2D eigenvalue weighted by Crippen LogP contribution is -2.34. The van der Waals surface area contributed by atoms with Crippen molar-refractivity contribution in [2.75, 3.05) is 19.6 Å². The second kappa shape index (κ2) is 7.00. The fourth-order valence-electron chi connectivity index (χ4n) is 2.62. The zero-order valence-electron chi connectivity index (χ0n) is 12.5. The van der Waals surface area contributed by atoms with Crippen LogP contribution in [0.25, 0.3) is 0 Å². The van der Waals surface area contributed by atoms with E-state index in [4.69, 9.17) is 0 Å². The van der Waals surface area contributed by atoms with E-state index < -0.39 is 35.9 Å². The first kappa shape index (κ1) is 18.6. The maximum Gasteiger partial charge on any atom is 0.416 e. The molecule has 134 valence electrons. The highest BCUT2D eigenvalue weighted by Gasteiger charge is 2.33. The van der Waals surface area contributed by atoms with Crippen molar-refractivity contribution < 1.29 is 31.1 Å². The molecule has 24 heavy (non-hydrogen) atoms. The van der Waals surface area contributed by atoms with E-state index in [1.54, 1.807) is 5.32 Å². The molecule has 0 aliphatic carbocycles. The van der Waals surface area contributed by atoms with Crippen LogP contribution in [0.2, 0.25) is 0 Å². The van der Waals surface area contributed by atoms with Gasteiger partial charge in [0.2, 0.25) is 0 Å². The van der Waals surface area contributed by atoms with E-state index in [0.29, 0.717) is 37.6 Å². The van der Waals surface area contributed by atoms with Crippen LogP contribution in [0.4, 0.5) is 26.3 Å². The number of piperidine rings is 1. The van der Waals surface area contributed by atoms with E-state index in [1.807, 2.05) is 0 Å². The normalized spacial score (nSPS) is 16.9. The average molecular weight is 354 g/mol. The fraction of sp³-hybridized carbons (Fsp3) is 0.533. The van der Waals surface area contributed by atoms with Gasteiger partial charge in [0.25, 0.3) is 5.91 Å². The number of carbonyl (C=O) groups is 1. The molecule has 9 heteroatoms. The molecule has 2 N–H and O–H groups in total. The molecular weight excluding hydrogens is 338 g/mol. The molecule has 1 amide bonds. The molecule has 0 unspecified atom stereocenters. The second-order valence-electron chi connectivity index (χ2n) is 5.66. The van der Waals surface area contributed by atoms with E-state index in [2.05, 4.69) is 5.32 Å². The first-order chi connectivity index (χ1) is 11.1. The van der Waals surface area contributed by atoms with Crippen molar-refractivity contribution in [2.24, 2.45) is 0 Å². The van der Waals surface area contributed by atoms with Gasteiger partial charge in [-0.15, -0.1) is 0 Å². The minimum absolute atomic E-state index is 0.164.